The topological polar surface area (TPSA) is 47.3 Å². The summed E-state index contributed by atoms with van der Waals surface area (Å²) in [6.45, 7) is 2.53. The van der Waals surface area contributed by atoms with Gasteiger partial charge in [0.25, 0.3) is 0 Å². The van der Waals surface area contributed by atoms with Crippen LogP contribution in [-0.4, -0.2) is 22.0 Å². The number of aliphatic hydroxyl groups excluding tert-OH is 1. The molecular weight excluding hydrogens is 266 g/mol. The van der Waals surface area contributed by atoms with Crippen LogP contribution in [0.5, 0.6) is 5.75 Å². The van der Waals surface area contributed by atoms with E-state index in [9.17, 15) is 13.9 Å². The van der Waals surface area contributed by atoms with Gasteiger partial charge in [0, 0.05) is 18.2 Å². The molecule has 0 aliphatic carbocycles. The molecule has 0 bridgehead atoms. The number of benzene rings is 1. The van der Waals surface area contributed by atoms with Crippen LogP contribution in [0.15, 0.2) is 24.4 Å². The summed E-state index contributed by atoms with van der Waals surface area (Å²) in [5.74, 6) is -1.12. The number of aliphatic hydroxyl groups is 1. The van der Waals surface area contributed by atoms with Gasteiger partial charge >= 0.3 is 0 Å². The molecule has 0 fully saturated rings. The lowest BCUT2D eigenvalue weighted by atomic mass is 10.1. The molecule has 6 heteroatoms. The van der Waals surface area contributed by atoms with Crippen LogP contribution in [0.3, 0.4) is 0 Å². The summed E-state index contributed by atoms with van der Waals surface area (Å²) in [6, 6.07) is 3.07. The van der Waals surface area contributed by atoms with Gasteiger partial charge in [-0.3, -0.25) is 4.68 Å². The van der Waals surface area contributed by atoms with Crippen molar-refractivity contribution in [1.82, 2.24) is 9.78 Å². The van der Waals surface area contributed by atoms with E-state index in [1.807, 2.05) is 6.92 Å². The first kappa shape index (κ1) is 14.5. The van der Waals surface area contributed by atoms with Crippen molar-refractivity contribution < 1.29 is 18.6 Å². The molecule has 108 valence electrons. The van der Waals surface area contributed by atoms with Gasteiger partial charge in [-0.05, 0) is 12.5 Å². The van der Waals surface area contributed by atoms with Crippen molar-refractivity contribution in [2.75, 3.05) is 7.11 Å². The molecule has 0 amide bonds. The monoisotopic (exact) mass is 282 g/mol. The summed E-state index contributed by atoms with van der Waals surface area (Å²) in [4.78, 5) is 0. The fourth-order valence-electron chi connectivity index (χ4n) is 2.07. The molecule has 20 heavy (non-hydrogen) atoms. The smallest absolute Gasteiger partial charge is 0.163 e. The first-order valence-corrected chi connectivity index (χ1v) is 6.31. The summed E-state index contributed by atoms with van der Waals surface area (Å²) in [7, 11) is 1.45. The molecule has 0 radical (unpaired) electrons. The number of aryl methyl sites for hydroxylation is 1. The summed E-state index contributed by atoms with van der Waals surface area (Å²) >= 11 is 0. The van der Waals surface area contributed by atoms with Gasteiger partial charge in [-0.2, -0.15) is 5.10 Å². The maximum absolute atomic E-state index is 13.8. The SMILES string of the molecule is CCCn1ncc(OC)c1C(O)c1ccc(F)cc1F. The van der Waals surface area contributed by atoms with Crippen molar-refractivity contribution in [2.24, 2.45) is 0 Å². The van der Waals surface area contributed by atoms with E-state index < -0.39 is 17.7 Å². The minimum absolute atomic E-state index is 0.0115. The van der Waals surface area contributed by atoms with E-state index >= 15 is 0 Å². The molecule has 2 rings (SSSR count). The molecule has 1 aromatic carbocycles. The minimum Gasteiger partial charge on any atom is -0.493 e. The number of rotatable bonds is 5. The highest BCUT2D eigenvalue weighted by Crippen LogP contribution is 2.31. The molecule has 1 aromatic heterocycles. The first-order chi connectivity index (χ1) is 9.58. The Labute approximate surface area is 115 Å². The second kappa shape index (κ2) is 6.00. The lowest BCUT2D eigenvalue weighted by Crippen LogP contribution is -2.12. The number of aromatic nitrogens is 2. The lowest BCUT2D eigenvalue weighted by molar-refractivity contribution is 0.197. The summed E-state index contributed by atoms with van der Waals surface area (Å²) in [5.41, 5.74) is 0.349. The van der Waals surface area contributed by atoms with Crippen molar-refractivity contribution in [1.29, 1.82) is 0 Å². The maximum Gasteiger partial charge on any atom is 0.163 e. The number of nitrogens with zero attached hydrogens (tertiary/aromatic N) is 2. The number of halogens is 2. The Balaban J connectivity index is 2.46. The molecule has 1 heterocycles. The van der Waals surface area contributed by atoms with Crippen LogP contribution in [-0.2, 0) is 6.54 Å². The van der Waals surface area contributed by atoms with Crippen molar-refractivity contribution in [2.45, 2.75) is 26.0 Å². The van der Waals surface area contributed by atoms with Crippen LogP contribution in [0.1, 0.15) is 30.7 Å². The Hall–Kier alpha value is -1.95. The molecular formula is C14H16F2N2O2. The highest BCUT2D eigenvalue weighted by atomic mass is 19.1. The van der Waals surface area contributed by atoms with E-state index in [1.165, 1.54) is 19.4 Å². The molecule has 1 unspecified atom stereocenters. The zero-order chi connectivity index (χ0) is 14.7. The van der Waals surface area contributed by atoms with Gasteiger partial charge in [0.05, 0.1) is 13.3 Å². The third-order valence-electron chi connectivity index (χ3n) is 3.02. The minimum atomic E-state index is -1.26. The van der Waals surface area contributed by atoms with Gasteiger partial charge in [0.15, 0.2) is 5.75 Å². The molecule has 0 spiro atoms. The van der Waals surface area contributed by atoms with E-state index in [1.54, 1.807) is 4.68 Å². The molecule has 2 aromatic rings. The van der Waals surface area contributed by atoms with Gasteiger partial charge in [-0.15, -0.1) is 0 Å². The Bertz CT molecular complexity index is 599. The van der Waals surface area contributed by atoms with Gasteiger partial charge in [-0.1, -0.05) is 13.0 Å². The fourth-order valence-corrected chi connectivity index (χ4v) is 2.07. The summed E-state index contributed by atoms with van der Waals surface area (Å²) < 4.78 is 33.4. The van der Waals surface area contributed by atoms with Crippen LogP contribution >= 0.6 is 0 Å². The van der Waals surface area contributed by atoms with Crippen molar-refractivity contribution in [3.63, 3.8) is 0 Å². The van der Waals surface area contributed by atoms with Gasteiger partial charge in [-0.25, -0.2) is 8.78 Å². The zero-order valence-electron chi connectivity index (χ0n) is 11.3. The van der Waals surface area contributed by atoms with Gasteiger partial charge in [0.1, 0.15) is 23.4 Å². The Morgan fingerprint density at radius 1 is 1.40 bits per heavy atom. The Morgan fingerprint density at radius 3 is 2.75 bits per heavy atom. The van der Waals surface area contributed by atoms with Crippen LogP contribution in [0.4, 0.5) is 8.78 Å². The predicted molar refractivity (Wildman–Crippen MR) is 69.5 cm³/mol. The summed E-state index contributed by atoms with van der Waals surface area (Å²) in [6.07, 6.45) is 1.01. The first-order valence-electron chi connectivity index (χ1n) is 6.31. The number of hydrogen-bond donors (Lipinski definition) is 1. The highest BCUT2D eigenvalue weighted by Gasteiger charge is 2.24. The van der Waals surface area contributed by atoms with Crippen molar-refractivity contribution in [3.8, 4) is 5.75 Å². The van der Waals surface area contributed by atoms with Crippen LogP contribution < -0.4 is 4.74 Å². The number of hydrogen-bond acceptors (Lipinski definition) is 3. The summed E-state index contributed by atoms with van der Waals surface area (Å²) in [5, 5.41) is 14.5. The third kappa shape index (κ3) is 2.65. The van der Waals surface area contributed by atoms with E-state index in [4.69, 9.17) is 4.74 Å². The Kier molecular flexibility index (Phi) is 4.34. The highest BCUT2D eigenvalue weighted by molar-refractivity contribution is 5.35. The van der Waals surface area contributed by atoms with Gasteiger partial charge in [0.2, 0.25) is 0 Å². The fraction of sp³-hybridized carbons (Fsp3) is 0.357. The second-order valence-electron chi connectivity index (χ2n) is 4.39. The quantitative estimate of drug-likeness (QED) is 0.917. The van der Waals surface area contributed by atoms with Crippen LogP contribution in [0, 0.1) is 11.6 Å². The van der Waals surface area contributed by atoms with E-state index in [2.05, 4.69) is 5.10 Å². The van der Waals surface area contributed by atoms with Crippen LogP contribution in [0.2, 0.25) is 0 Å². The van der Waals surface area contributed by atoms with E-state index in [0.717, 1.165) is 18.6 Å². The number of ether oxygens (including phenoxy) is 1. The number of methoxy groups -OCH3 is 1. The Morgan fingerprint density at radius 2 is 2.15 bits per heavy atom. The zero-order valence-corrected chi connectivity index (χ0v) is 11.3. The molecule has 0 saturated carbocycles. The van der Waals surface area contributed by atoms with E-state index in [-0.39, 0.29) is 5.56 Å². The third-order valence-corrected chi connectivity index (χ3v) is 3.02. The lowest BCUT2D eigenvalue weighted by Gasteiger charge is -2.15. The average Bonchev–Trinajstić information content (AvgIpc) is 2.81. The van der Waals surface area contributed by atoms with Crippen LogP contribution in [0.25, 0.3) is 0 Å². The molecule has 0 saturated heterocycles. The molecule has 1 N–H and O–H groups in total. The standard InChI is InChI=1S/C14H16F2N2O2/c1-3-6-18-13(12(20-2)8-17-18)14(19)10-5-4-9(15)7-11(10)16/h4-5,7-8,14,19H,3,6H2,1-2H3. The normalized spacial score (nSPS) is 12.4. The van der Waals surface area contributed by atoms with Gasteiger partial charge < -0.3 is 9.84 Å². The predicted octanol–water partition coefficient (Wildman–Crippen LogP) is 2.66. The largest absolute Gasteiger partial charge is 0.493 e. The molecule has 0 aliphatic rings. The van der Waals surface area contributed by atoms with Crippen molar-refractivity contribution in [3.05, 3.63) is 47.3 Å². The second-order valence-corrected chi connectivity index (χ2v) is 4.39. The average molecular weight is 282 g/mol. The molecule has 1 atom stereocenters. The van der Waals surface area contributed by atoms with Crippen molar-refractivity contribution >= 4 is 0 Å². The molecule has 0 aliphatic heterocycles. The van der Waals surface area contributed by atoms with E-state index in [0.29, 0.717) is 18.0 Å². The maximum atomic E-state index is 13.8. The molecule has 4 nitrogen and oxygen atoms in total.